The van der Waals surface area contributed by atoms with Crippen molar-refractivity contribution in [3.05, 3.63) is 23.8 Å². The number of hydrogen-bond donors (Lipinski definition) is 2. The molecule has 0 unspecified atom stereocenters. The highest BCUT2D eigenvalue weighted by Crippen LogP contribution is 2.23. The largest absolute Gasteiger partial charge is 0.491 e. The molecule has 0 heterocycles. The van der Waals surface area contributed by atoms with Gasteiger partial charge in [0.25, 0.3) is 5.91 Å². The normalized spacial score (nSPS) is 10.5. The predicted octanol–water partition coefficient (Wildman–Crippen LogP) is 2.99. The third-order valence-corrected chi connectivity index (χ3v) is 3.34. The van der Waals surface area contributed by atoms with E-state index >= 15 is 0 Å². The summed E-state index contributed by atoms with van der Waals surface area (Å²) in [6.45, 7) is 4.02. The van der Waals surface area contributed by atoms with E-state index in [4.69, 9.17) is 15.2 Å². The highest BCUT2D eigenvalue weighted by molar-refractivity contribution is 5.95. The van der Waals surface area contributed by atoms with Crippen LogP contribution in [-0.4, -0.2) is 32.8 Å². The smallest absolute Gasteiger partial charge is 0.251 e. The molecule has 0 aromatic heterocycles. The average Bonchev–Trinajstić information content (AvgIpc) is 2.52. The monoisotopic (exact) mass is 308 g/mol. The third-order valence-electron chi connectivity index (χ3n) is 3.34. The lowest BCUT2D eigenvalue weighted by molar-refractivity contribution is 0.0948. The van der Waals surface area contributed by atoms with Crippen LogP contribution in [0, 0.1) is 0 Å². The number of carbonyl (C=O) groups excluding carboxylic acids is 1. The molecule has 124 valence electrons. The molecule has 0 saturated heterocycles. The molecule has 3 N–H and O–H groups in total. The lowest BCUT2D eigenvalue weighted by Crippen LogP contribution is -2.25. The van der Waals surface area contributed by atoms with Gasteiger partial charge in [-0.1, -0.05) is 26.2 Å². The van der Waals surface area contributed by atoms with Crippen molar-refractivity contribution in [3.8, 4) is 5.75 Å². The lowest BCUT2D eigenvalue weighted by Gasteiger charge is -2.11. The van der Waals surface area contributed by atoms with Crippen molar-refractivity contribution in [2.24, 2.45) is 0 Å². The van der Waals surface area contributed by atoms with E-state index in [0.717, 1.165) is 19.3 Å². The number of hydrogen-bond acceptors (Lipinski definition) is 4. The summed E-state index contributed by atoms with van der Waals surface area (Å²) >= 11 is 0. The fourth-order valence-corrected chi connectivity index (χ4v) is 2.03. The van der Waals surface area contributed by atoms with Crippen molar-refractivity contribution >= 4 is 11.6 Å². The van der Waals surface area contributed by atoms with E-state index in [1.807, 2.05) is 0 Å². The Morgan fingerprint density at radius 1 is 1.18 bits per heavy atom. The minimum absolute atomic E-state index is 0.119. The summed E-state index contributed by atoms with van der Waals surface area (Å²) in [5.41, 5.74) is 7.02. The number of nitrogens with one attached hydrogen (secondary N) is 1. The number of nitrogens with two attached hydrogens (primary N) is 1. The van der Waals surface area contributed by atoms with Gasteiger partial charge in [-0.2, -0.15) is 0 Å². The molecule has 0 saturated carbocycles. The molecule has 22 heavy (non-hydrogen) atoms. The van der Waals surface area contributed by atoms with Crippen LogP contribution in [-0.2, 0) is 4.74 Å². The zero-order valence-corrected chi connectivity index (χ0v) is 13.7. The van der Waals surface area contributed by atoms with Crippen molar-refractivity contribution in [1.82, 2.24) is 5.32 Å². The number of ether oxygens (including phenoxy) is 2. The Morgan fingerprint density at radius 3 is 2.73 bits per heavy atom. The van der Waals surface area contributed by atoms with Gasteiger partial charge in [-0.15, -0.1) is 0 Å². The van der Waals surface area contributed by atoms with Crippen molar-refractivity contribution in [2.45, 2.75) is 39.0 Å². The zero-order chi connectivity index (χ0) is 16.2. The minimum atomic E-state index is -0.119. The van der Waals surface area contributed by atoms with Crippen LogP contribution >= 0.6 is 0 Å². The maximum Gasteiger partial charge on any atom is 0.251 e. The average molecular weight is 308 g/mol. The summed E-state index contributed by atoms with van der Waals surface area (Å²) < 4.78 is 10.6. The van der Waals surface area contributed by atoms with E-state index < -0.39 is 0 Å². The zero-order valence-electron chi connectivity index (χ0n) is 13.7. The molecule has 0 aliphatic heterocycles. The second-order valence-corrected chi connectivity index (χ2v) is 5.26. The van der Waals surface area contributed by atoms with Crippen molar-refractivity contribution in [1.29, 1.82) is 0 Å². The molecule has 1 aromatic carbocycles. The first kappa shape index (κ1) is 18.3. The van der Waals surface area contributed by atoms with Crippen LogP contribution in [0.1, 0.15) is 49.4 Å². The highest BCUT2D eigenvalue weighted by atomic mass is 16.5. The first-order chi connectivity index (χ1) is 10.7. The number of rotatable bonds is 11. The Hall–Kier alpha value is -1.75. The number of anilines is 1. The Balaban J connectivity index is 2.48. The number of benzene rings is 1. The number of unbranched alkanes of at least 4 members (excludes halogenated alkanes) is 3. The molecule has 0 radical (unpaired) electrons. The fourth-order valence-electron chi connectivity index (χ4n) is 2.03. The van der Waals surface area contributed by atoms with E-state index in [9.17, 15) is 4.79 Å². The van der Waals surface area contributed by atoms with E-state index in [1.54, 1.807) is 25.3 Å². The second kappa shape index (κ2) is 10.9. The molecule has 0 spiro atoms. The number of methoxy groups -OCH3 is 1. The van der Waals surface area contributed by atoms with Crippen LogP contribution in [0.2, 0.25) is 0 Å². The number of amides is 1. The van der Waals surface area contributed by atoms with Gasteiger partial charge in [-0.3, -0.25) is 4.79 Å². The Bertz CT molecular complexity index is 450. The molecular weight excluding hydrogens is 280 g/mol. The molecule has 0 atom stereocenters. The second-order valence-electron chi connectivity index (χ2n) is 5.26. The van der Waals surface area contributed by atoms with Gasteiger partial charge in [0.05, 0.1) is 12.3 Å². The molecular formula is C17H28N2O3. The van der Waals surface area contributed by atoms with Gasteiger partial charge in [-0.25, -0.2) is 0 Å². The van der Waals surface area contributed by atoms with E-state index in [2.05, 4.69) is 12.2 Å². The molecule has 1 amide bonds. The van der Waals surface area contributed by atoms with Gasteiger partial charge in [0, 0.05) is 25.8 Å². The summed E-state index contributed by atoms with van der Waals surface area (Å²) in [6.07, 6.45) is 5.35. The molecule has 1 aromatic rings. The molecule has 0 bridgehead atoms. The van der Waals surface area contributed by atoms with Crippen LogP contribution in [0.15, 0.2) is 18.2 Å². The lowest BCUT2D eigenvalue weighted by atomic mass is 10.1. The predicted molar refractivity (Wildman–Crippen MR) is 89.3 cm³/mol. The van der Waals surface area contributed by atoms with Gasteiger partial charge in [0.1, 0.15) is 5.75 Å². The van der Waals surface area contributed by atoms with Crippen LogP contribution in [0.4, 0.5) is 5.69 Å². The molecule has 0 aliphatic rings. The number of carbonyl (C=O) groups is 1. The molecule has 1 rings (SSSR count). The topological polar surface area (TPSA) is 73.6 Å². The molecule has 5 heteroatoms. The summed E-state index contributed by atoms with van der Waals surface area (Å²) in [5.74, 6) is 0.466. The Morgan fingerprint density at radius 2 is 2.00 bits per heavy atom. The van der Waals surface area contributed by atoms with Gasteiger partial charge < -0.3 is 20.5 Å². The van der Waals surface area contributed by atoms with Crippen LogP contribution in [0.3, 0.4) is 0 Å². The maximum absolute atomic E-state index is 12.0. The molecule has 5 nitrogen and oxygen atoms in total. The van der Waals surface area contributed by atoms with Crippen molar-refractivity contribution in [3.63, 3.8) is 0 Å². The highest BCUT2D eigenvalue weighted by Gasteiger charge is 2.09. The van der Waals surface area contributed by atoms with Crippen LogP contribution in [0.5, 0.6) is 5.75 Å². The standard InChI is InChI=1S/C17H28N2O3/c1-3-4-5-6-12-22-16-13-14(8-9-15(16)18)17(20)19-10-7-11-21-2/h8-9,13H,3-7,10-12,18H2,1-2H3,(H,19,20). The molecule has 0 fully saturated rings. The van der Waals surface area contributed by atoms with Gasteiger partial charge in [0.15, 0.2) is 0 Å². The summed E-state index contributed by atoms with van der Waals surface area (Å²) in [4.78, 5) is 12.0. The summed E-state index contributed by atoms with van der Waals surface area (Å²) in [5, 5.41) is 2.85. The maximum atomic E-state index is 12.0. The van der Waals surface area contributed by atoms with Gasteiger partial charge >= 0.3 is 0 Å². The molecule has 0 aliphatic carbocycles. The minimum Gasteiger partial charge on any atom is -0.491 e. The fraction of sp³-hybridized carbons (Fsp3) is 0.588. The quantitative estimate of drug-likeness (QED) is 0.487. The Kier molecular flexibility index (Phi) is 9.07. The van der Waals surface area contributed by atoms with Crippen LogP contribution < -0.4 is 15.8 Å². The van der Waals surface area contributed by atoms with Crippen molar-refractivity contribution < 1.29 is 14.3 Å². The van der Waals surface area contributed by atoms with E-state index in [1.165, 1.54) is 12.8 Å². The van der Waals surface area contributed by atoms with Crippen molar-refractivity contribution in [2.75, 3.05) is 32.6 Å². The Labute approximate surface area is 133 Å². The first-order valence-corrected chi connectivity index (χ1v) is 7.98. The van der Waals surface area contributed by atoms with E-state index in [-0.39, 0.29) is 5.91 Å². The SMILES string of the molecule is CCCCCCOc1cc(C(=O)NCCCOC)ccc1N. The van der Waals surface area contributed by atoms with Gasteiger partial charge in [-0.05, 0) is 31.0 Å². The van der Waals surface area contributed by atoms with E-state index in [0.29, 0.717) is 36.8 Å². The summed E-state index contributed by atoms with van der Waals surface area (Å²) in [6, 6.07) is 5.14. The third kappa shape index (κ3) is 6.80. The van der Waals surface area contributed by atoms with Crippen LogP contribution in [0.25, 0.3) is 0 Å². The first-order valence-electron chi connectivity index (χ1n) is 7.98. The van der Waals surface area contributed by atoms with Gasteiger partial charge in [0.2, 0.25) is 0 Å². The number of nitrogen functional groups attached to an aromatic ring is 1. The summed E-state index contributed by atoms with van der Waals surface area (Å²) in [7, 11) is 1.64.